The Morgan fingerprint density at radius 2 is 1.50 bits per heavy atom. The smallest absolute Gasteiger partial charge is 0.00463 e. The van der Waals surface area contributed by atoms with Gasteiger partial charge in [0, 0.05) is 27.3 Å². The summed E-state index contributed by atoms with van der Waals surface area (Å²) in [5.74, 6) is 0. The van der Waals surface area contributed by atoms with E-state index in [1.165, 1.54) is 10.8 Å². The monoisotopic (exact) mass is 267 g/mol. The topological polar surface area (TPSA) is 0 Å². The number of hydrogen-bond acceptors (Lipinski definition) is 1. The van der Waals surface area contributed by atoms with Crippen LogP contribution in [0.3, 0.4) is 0 Å². The average molecular weight is 268 g/mol. The molecule has 12 heavy (non-hydrogen) atoms. The number of fused-ring (bicyclic) bond motifs is 1. The fourth-order valence-corrected chi connectivity index (χ4v) is 1.39. The van der Waals surface area contributed by atoms with Gasteiger partial charge < -0.3 is 0 Å². The Balaban J connectivity index is 0.000000720. The molecule has 1 radical (unpaired) electrons. The first kappa shape index (κ1) is 9.88. The van der Waals surface area contributed by atoms with Gasteiger partial charge in [0.15, 0.2) is 0 Å². The number of benzene rings is 2. The van der Waals surface area contributed by atoms with Crippen molar-refractivity contribution in [1.82, 2.24) is 0 Å². The molecule has 2 aromatic rings. The minimum absolute atomic E-state index is 0. The van der Waals surface area contributed by atoms with Crippen LogP contribution in [0, 0.1) is 0 Å². The zero-order valence-electron chi connectivity index (χ0n) is 6.29. The number of thiol groups is 1. The van der Waals surface area contributed by atoms with Crippen LogP contribution in [0.5, 0.6) is 0 Å². The van der Waals surface area contributed by atoms with Crippen LogP contribution in [-0.2, 0) is 22.4 Å². The van der Waals surface area contributed by atoms with Gasteiger partial charge in [0.25, 0.3) is 0 Å². The molecule has 65 valence electrons. The first-order chi connectivity index (χ1) is 5.36. The van der Waals surface area contributed by atoms with Gasteiger partial charge in [0.1, 0.15) is 0 Å². The van der Waals surface area contributed by atoms with Gasteiger partial charge >= 0.3 is 0 Å². The molecule has 0 heterocycles. The summed E-state index contributed by atoms with van der Waals surface area (Å²) in [5.41, 5.74) is 0. The van der Waals surface area contributed by atoms with E-state index >= 15 is 0 Å². The van der Waals surface area contributed by atoms with Gasteiger partial charge in [-0.25, -0.2) is 0 Å². The Kier molecular flexibility index (Phi) is 3.41. The van der Waals surface area contributed by atoms with Crippen LogP contribution >= 0.6 is 12.6 Å². The molecule has 0 amide bonds. The van der Waals surface area contributed by atoms with Gasteiger partial charge in [0.05, 0.1) is 0 Å². The first-order valence-electron chi connectivity index (χ1n) is 3.54. The third kappa shape index (κ3) is 1.93. The van der Waals surface area contributed by atoms with Crippen LogP contribution in [0.25, 0.3) is 10.8 Å². The summed E-state index contributed by atoms with van der Waals surface area (Å²) in [7, 11) is 0. The van der Waals surface area contributed by atoms with Crippen LogP contribution in [-0.4, -0.2) is 0 Å². The standard InChI is InChI=1S/C10H8S.Ag/c11-10-6-5-8-3-1-2-4-9(8)7-10;/h1-7,11H;. The molecule has 0 aliphatic carbocycles. The Bertz CT molecular complexity index is 384. The van der Waals surface area contributed by atoms with Crippen molar-refractivity contribution in [1.29, 1.82) is 0 Å². The summed E-state index contributed by atoms with van der Waals surface area (Å²) in [6, 6.07) is 14.4. The van der Waals surface area contributed by atoms with Gasteiger partial charge in [-0.1, -0.05) is 30.3 Å². The van der Waals surface area contributed by atoms with Crippen LogP contribution in [0.4, 0.5) is 0 Å². The third-order valence-electron chi connectivity index (χ3n) is 1.73. The van der Waals surface area contributed by atoms with E-state index in [2.05, 4.69) is 36.9 Å². The van der Waals surface area contributed by atoms with Crippen LogP contribution in [0.15, 0.2) is 47.4 Å². The van der Waals surface area contributed by atoms with E-state index in [-0.39, 0.29) is 22.4 Å². The minimum atomic E-state index is 0. The van der Waals surface area contributed by atoms with Crippen molar-refractivity contribution in [2.75, 3.05) is 0 Å². The van der Waals surface area contributed by atoms with Crippen molar-refractivity contribution in [3.8, 4) is 0 Å². The first-order valence-corrected chi connectivity index (χ1v) is 3.99. The molecule has 2 rings (SSSR count). The number of hydrogen-bond donors (Lipinski definition) is 1. The second-order valence-electron chi connectivity index (χ2n) is 2.53. The maximum atomic E-state index is 4.26. The van der Waals surface area contributed by atoms with Gasteiger partial charge in [-0.15, -0.1) is 12.6 Å². The molecule has 0 nitrogen and oxygen atoms in total. The average Bonchev–Trinajstić information content (AvgIpc) is 2.04. The molecule has 0 unspecified atom stereocenters. The Labute approximate surface area is 92.9 Å². The zero-order chi connectivity index (χ0) is 7.68. The summed E-state index contributed by atoms with van der Waals surface area (Å²) in [4.78, 5) is 1.02. The molecule has 2 aromatic carbocycles. The van der Waals surface area contributed by atoms with Crippen molar-refractivity contribution in [2.24, 2.45) is 0 Å². The molecule has 0 bridgehead atoms. The Morgan fingerprint density at radius 1 is 0.833 bits per heavy atom. The zero-order valence-corrected chi connectivity index (χ0v) is 8.67. The molecule has 0 saturated heterocycles. The van der Waals surface area contributed by atoms with E-state index in [0.29, 0.717) is 0 Å². The van der Waals surface area contributed by atoms with Crippen LogP contribution < -0.4 is 0 Å². The van der Waals surface area contributed by atoms with Gasteiger partial charge in [-0.3, -0.25) is 0 Å². The summed E-state index contributed by atoms with van der Waals surface area (Å²) >= 11 is 4.26. The summed E-state index contributed by atoms with van der Waals surface area (Å²) < 4.78 is 0. The van der Waals surface area contributed by atoms with E-state index in [1.54, 1.807) is 0 Å². The summed E-state index contributed by atoms with van der Waals surface area (Å²) in [6.07, 6.45) is 0. The Morgan fingerprint density at radius 3 is 2.25 bits per heavy atom. The van der Waals surface area contributed by atoms with Crippen molar-refractivity contribution in [3.63, 3.8) is 0 Å². The predicted molar refractivity (Wildman–Crippen MR) is 51.2 cm³/mol. The fourth-order valence-electron chi connectivity index (χ4n) is 1.18. The van der Waals surface area contributed by atoms with Gasteiger partial charge in [-0.05, 0) is 22.9 Å². The molecule has 0 saturated carbocycles. The molecule has 0 aromatic heterocycles. The second-order valence-corrected chi connectivity index (χ2v) is 3.05. The molecule has 0 N–H and O–H groups in total. The molecule has 2 heteroatoms. The normalized spacial score (nSPS) is 9.42. The van der Waals surface area contributed by atoms with E-state index < -0.39 is 0 Å². The molecule has 0 aliphatic heterocycles. The molecule has 0 aliphatic rings. The van der Waals surface area contributed by atoms with Crippen molar-refractivity contribution < 1.29 is 22.4 Å². The van der Waals surface area contributed by atoms with E-state index in [9.17, 15) is 0 Å². The minimum Gasteiger partial charge on any atom is -0.143 e. The van der Waals surface area contributed by atoms with Crippen molar-refractivity contribution >= 4 is 23.4 Å². The van der Waals surface area contributed by atoms with Crippen molar-refractivity contribution in [2.45, 2.75) is 4.90 Å². The van der Waals surface area contributed by atoms with Crippen molar-refractivity contribution in [3.05, 3.63) is 42.5 Å². The summed E-state index contributed by atoms with van der Waals surface area (Å²) in [6.45, 7) is 0. The molecular weight excluding hydrogens is 260 g/mol. The third-order valence-corrected chi connectivity index (χ3v) is 2.01. The fraction of sp³-hybridized carbons (Fsp3) is 0. The summed E-state index contributed by atoms with van der Waals surface area (Å²) in [5, 5.41) is 2.52. The molecule has 0 fully saturated rings. The molecule has 0 atom stereocenters. The van der Waals surface area contributed by atoms with E-state index in [0.717, 1.165) is 4.90 Å². The Hall–Kier alpha value is -0.210. The van der Waals surface area contributed by atoms with Gasteiger partial charge in [0.2, 0.25) is 0 Å². The maximum absolute atomic E-state index is 4.26. The molecular formula is C10H8AgS. The molecule has 0 spiro atoms. The maximum Gasteiger partial charge on any atom is 0.00463 e. The van der Waals surface area contributed by atoms with Crippen LogP contribution in [0.1, 0.15) is 0 Å². The number of rotatable bonds is 0. The van der Waals surface area contributed by atoms with E-state index in [4.69, 9.17) is 0 Å². The largest absolute Gasteiger partial charge is 0.143 e. The SMILES string of the molecule is Sc1ccc2ccccc2c1.[Ag]. The van der Waals surface area contributed by atoms with E-state index in [1.807, 2.05) is 18.2 Å². The second kappa shape index (κ2) is 4.15. The quantitative estimate of drug-likeness (QED) is 0.550. The predicted octanol–water partition coefficient (Wildman–Crippen LogP) is 3.13. The van der Waals surface area contributed by atoms with Gasteiger partial charge in [-0.2, -0.15) is 0 Å². The van der Waals surface area contributed by atoms with Crippen LogP contribution in [0.2, 0.25) is 0 Å².